The van der Waals surface area contributed by atoms with Crippen molar-refractivity contribution in [1.82, 2.24) is 4.90 Å². The van der Waals surface area contributed by atoms with E-state index in [0.717, 1.165) is 5.92 Å². The topological polar surface area (TPSA) is 23.5 Å². The molecule has 1 atom stereocenters. The first-order valence-corrected chi connectivity index (χ1v) is 5.95. The second-order valence-electron chi connectivity index (χ2n) is 4.49. The summed E-state index contributed by atoms with van der Waals surface area (Å²) < 4.78 is 0. The minimum absolute atomic E-state index is 0.322. The van der Waals surface area contributed by atoms with E-state index in [0.29, 0.717) is 5.75 Å². The number of para-hydroxylation sites is 1. The van der Waals surface area contributed by atoms with E-state index in [-0.39, 0.29) is 0 Å². The molecule has 0 radical (unpaired) electrons. The molecule has 0 bridgehead atoms. The molecule has 0 fully saturated rings. The van der Waals surface area contributed by atoms with Gasteiger partial charge in [-0.3, -0.25) is 0 Å². The van der Waals surface area contributed by atoms with Gasteiger partial charge in [0.2, 0.25) is 0 Å². The summed E-state index contributed by atoms with van der Waals surface area (Å²) in [6.07, 6.45) is 2.67. The highest BCUT2D eigenvalue weighted by molar-refractivity contribution is 5.18. The maximum atomic E-state index is 8.63. The molecule has 0 unspecified atom stereocenters. The van der Waals surface area contributed by atoms with Crippen LogP contribution in [0.3, 0.4) is 0 Å². The average Bonchev–Trinajstić information content (AvgIpc) is 2.18. The minimum Gasteiger partial charge on any atom is -0.508 e. The Balaban J connectivity index is 0.000000288. The Morgan fingerprint density at radius 1 is 1.19 bits per heavy atom. The number of phenols is 1. The summed E-state index contributed by atoms with van der Waals surface area (Å²) >= 11 is 0. The summed E-state index contributed by atoms with van der Waals surface area (Å²) in [5.74, 6) is 1.19. The van der Waals surface area contributed by atoms with Crippen molar-refractivity contribution in [3.63, 3.8) is 0 Å². The molecular weight excluding hydrogens is 198 g/mol. The van der Waals surface area contributed by atoms with E-state index in [1.165, 1.54) is 19.4 Å². The first-order valence-electron chi connectivity index (χ1n) is 5.95. The summed E-state index contributed by atoms with van der Waals surface area (Å²) in [5.41, 5.74) is 0. The van der Waals surface area contributed by atoms with Crippen molar-refractivity contribution in [1.29, 1.82) is 0 Å². The lowest BCUT2D eigenvalue weighted by Crippen LogP contribution is -2.19. The standard InChI is InChI=1S/C8H19N.C6H6O/c1-5-6-8(2)7-9(3)4;7-6-4-2-1-3-5-6/h8H,5-7H2,1-4H3;1-5,7H/t8-;/m1./s1. The van der Waals surface area contributed by atoms with Crippen molar-refractivity contribution in [2.45, 2.75) is 26.7 Å². The Kier molecular flexibility index (Phi) is 8.64. The van der Waals surface area contributed by atoms with Gasteiger partial charge in [-0.2, -0.15) is 0 Å². The highest BCUT2D eigenvalue weighted by atomic mass is 16.3. The summed E-state index contributed by atoms with van der Waals surface area (Å²) in [4.78, 5) is 2.25. The average molecular weight is 223 g/mol. The normalized spacial score (nSPS) is 11.8. The molecule has 0 aliphatic heterocycles. The predicted octanol–water partition coefficient (Wildman–Crippen LogP) is 3.38. The molecule has 1 N–H and O–H groups in total. The van der Waals surface area contributed by atoms with Crippen molar-refractivity contribution in [2.24, 2.45) is 5.92 Å². The van der Waals surface area contributed by atoms with Crippen LogP contribution in [0.1, 0.15) is 26.7 Å². The van der Waals surface area contributed by atoms with Gasteiger partial charge in [0.05, 0.1) is 0 Å². The Morgan fingerprint density at radius 3 is 2.06 bits per heavy atom. The van der Waals surface area contributed by atoms with Crippen molar-refractivity contribution in [2.75, 3.05) is 20.6 Å². The Bertz CT molecular complexity index is 246. The van der Waals surface area contributed by atoms with Crippen molar-refractivity contribution < 1.29 is 5.11 Å². The lowest BCUT2D eigenvalue weighted by atomic mass is 10.1. The molecule has 92 valence electrons. The van der Waals surface area contributed by atoms with Crippen LogP contribution in [0.15, 0.2) is 30.3 Å². The van der Waals surface area contributed by atoms with Crippen LogP contribution in [0.25, 0.3) is 0 Å². The molecule has 0 aliphatic carbocycles. The molecule has 16 heavy (non-hydrogen) atoms. The van der Waals surface area contributed by atoms with Crippen LogP contribution in [0.4, 0.5) is 0 Å². The SMILES string of the molecule is CCC[C@@H](C)CN(C)C.Oc1ccccc1. The van der Waals surface area contributed by atoms with Gasteiger partial charge in [-0.1, -0.05) is 38.5 Å². The lowest BCUT2D eigenvalue weighted by molar-refractivity contribution is 0.326. The van der Waals surface area contributed by atoms with Crippen molar-refractivity contribution in [3.05, 3.63) is 30.3 Å². The Labute approximate surface area is 99.9 Å². The number of hydrogen-bond donors (Lipinski definition) is 1. The van der Waals surface area contributed by atoms with Crippen molar-refractivity contribution in [3.8, 4) is 5.75 Å². The molecule has 0 aromatic heterocycles. The monoisotopic (exact) mass is 223 g/mol. The molecule has 0 saturated heterocycles. The molecule has 1 aromatic rings. The van der Waals surface area contributed by atoms with E-state index < -0.39 is 0 Å². The van der Waals surface area contributed by atoms with E-state index in [1.807, 2.05) is 6.07 Å². The molecule has 0 heterocycles. The number of hydrogen-bond acceptors (Lipinski definition) is 2. The fourth-order valence-corrected chi connectivity index (χ4v) is 1.64. The van der Waals surface area contributed by atoms with Gasteiger partial charge in [0.1, 0.15) is 5.75 Å². The third-order valence-electron chi connectivity index (χ3n) is 2.21. The molecule has 0 saturated carbocycles. The van der Waals surface area contributed by atoms with Gasteiger partial charge >= 0.3 is 0 Å². The third-order valence-corrected chi connectivity index (χ3v) is 2.21. The van der Waals surface area contributed by atoms with Crippen LogP contribution in [-0.2, 0) is 0 Å². The zero-order valence-electron chi connectivity index (χ0n) is 11.0. The smallest absolute Gasteiger partial charge is 0.115 e. The molecule has 2 heteroatoms. The van der Waals surface area contributed by atoms with Gasteiger partial charge in [0.25, 0.3) is 0 Å². The zero-order valence-corrected chi connectivity index (χ0v) is 11.0. The van der Waals surface area contributed by atoms with E-state index in [4.69, 9.17) is 5.11 Å². The molecule has 1 aromatic carbocycles. The molecule has 2 nitrogen and oxygen atoms in total. The fourth-order valence-electron chi connectivity index (χ4n) is 1.64. The van der Waals surface area contributed by atoms with Crippen molar-refractivity contribution >= 4 is 0 Å². The molecular formula is C14H25NO. The van der Waals surface area contributed by atoms with Gasteiger partial charge in [-0.25, -0.2) is 0 Å². The summed E-state index contributed by atoms with van der Waals surface area (Å²) in [7, 11) is 4.26. The van der Waals surface area contributed by atoms with Crippen LogP contribution >= 0.6 is 0 Å². The quantitative estimate of drug-likeness (QED) is 0.846. The number of rotatable bonds is 4. The van der Waals surface area contributed by atoms with Crippen LogP contribution in [0.5, 0.6) is 5.75 Å². The largest absolute Gasteiger partial charge is 0.508 e. The van der Waals surface area contributed by atoms with Gasteiger partial charge in [0.15, 0.2) is 0 Å². The first-order chi connectivity index (χ1) is 7.56. The highest BCUT2D eigenvalue weighted by Crippen LogP contribution is 2.04. The number of phenolic OH excluding ortho intramolecular Hbond substituents is 1. The zero-order chi connectivity index (χ0) is 12.4. The third kappa shape index (κ3) is 9.53. The minimum atomic E-state index is 0.322. The molecule has 0 spiro atoms. The molecule has 1 rings (SSSR count). The van der Waals surface area contributed by atoms with E-state index in [1.54, 1.807) is 24.3 Å². The maximum Gasteiger partial charge on any atom is 0.115 e. The lowest BCUT2D eigenvalue weighted by Gasteiger charge is -2.15. The van der Waals surface area contributed by atoms with Gasteiger partial charge < -0.3 is 10.0 Å². The van der Waals surface area contributed by atoms with E-state index in [9.17, 15) is 0 Å². The Morgan fingerprint density at radius 2 is 1.75 bits per heavy atom. The van der Waals surface area contributed by atoms with Crippen LogP contribution in [0.2, 0.25) is 0 Å². The second-order valence-corrected chi connectivity index (χ2v) is 4.49. The first kappa shape index (κ1) is 15.0. The maximum absolute atomic E-state index is 8.63. The van der Waals surface area contributed by atoms with Gasteiger partial charge in [-0.15, -0.1) is 0 Å². The predicted molar refractivity (Wildman–Crippen MR) is 70.7 cm³/mol. The van der Waals surface area contributed by atoms with E-state index >= 15 is 0 Å². The number of nitrogens with zero attached hydrogens (tertiary/aromatic N) is 1. The van der Waals surface area contributed by atoms with Crippen LogP contribution in [-0.4, -0.2) is 30.6 Å². The Hall–Kier alpha value is -1.02. The van der Waals surface area contributed by atoms with Crippen LogP contribution in [0, 0.1) is 5.92 Å². The highest BCUT2D eigenvalue weighted by Gasteiger charge is 1.99. The van der Waals surface area contributed by atoms with E-state index in [2.05, 4.69) is 32.8 Å². The van der Waals surface area contributed by atoms with Gasteiger partial charge in [0, 0.05) is 6.54 Å². The van der Waals surface area contributed by atoms with Crippen LogP contribution < -0.4 is 0 Å². The second kappa shape index (κ2) is 9.22. The number of aromatic hydroxyl groups is 1. The number of benzene rings is 1. The fraction of sp³-hybridized carbons (Fsp3) is 0.571. The molecule has 0 aliphatic rings. The summed E-state index contributed by atoms with van der Waals surface area (Å²) in [6.45, 7) is 5.78. The molecule has 0 amide bonds. The van der Waals surface area contributed by atoms with Gasteiger partial charge in [-0.05, 0) is 38.6 Å². The summed E-state index contributed by atoms with van der Waals surface area (Å²) in [6, 6.07) is 8.71. The summed E-state index contributed by atoms with van der Waals surface area (Å²) in [5, 5.41) is 8.63.